The van der Waals surface area contributed by atoms with Crippen LogP contribution in [0.5, 0.6) is 5.88 Å². The van der Waals surface area contributed by atoms with Crippen LogP contribution in [0, 0.1) is 0 Å². The fourth-order valence-corrected chi connectivity index (χ4v) is 5.33. The summed E-state index contributed by atoms with van der Waals surface area (Å²) in [5, 5.41) is 6.38. The van der Waals surface area contributed by atoms with Gasteiger partial charge in [0.25, 0.3) is 0 Å². The topological polar surface area (TPSA) is 109 Å². The first-order valence-corrected chi connectivity index (χ1v) is 12.4. The molecule has 0 spiro atoms. The molecule has 35 heavy (non-hydrogen) atoms. The number of aromatic nitrogens is 2. The molecule has 2 fully saturated rings. The van der Waals surface area contributed by atoms with Crippen LogP contribution in [-0.4, -0.2) is 73.2 Å². The number of thioether (sulfide) groups is 1. The van der Waals surface area contributed by atoms with Crippen LogP contribution < -0.4 is 25.2 Å². The average molecular weight is 493 g/mol. The van der Waals surface area contributed by atoms with E-state index in [1.54, 1.807) is 18.2 Å². The van der Waals surface area contributed by atoms with Gasteiger partial charge in [0.1, 0.15) is 11.6 Å². The number of hydrogen-bond donors (Lipinski definition) is 2. The Bertz CT molecular complexity index is 1310. The lowest BCUT2D eigenvalue weighted by molar-refractivity contribution is -0.113. The van der Waals surface area contributed by atoms with Crippen LogP contribution in [-0.2, 0) is 9.53 Å². The summed E-state index contributed by atoms with van der Waals surface area (Å²) >= 11 is 1.50. The number of cyclic esters (lactones) is 1. The SMILES string of the molecule is COc1ccc2nccc(N3CC(NC[C@H]4CN(c5ccc6c(c5)NC(=O)CS6)C(=O)O4)C3)c2n1. The van der Waals surface area contributed by atoms with Gasteiger partial charge in [-0.15, -0.1) is 11.8 Å². The molecule has 3 aromatic rings. The second-order valence-corrected chi connectivity index (χ2v) is 9.71. The third-order valence-electron chi connectivity index (χ3n) is 6.38. The van der Waals surface area contributed by atoms with E-state index >= 15 is 0 Å². The second kappa shape index (κ2) is 8.90. The molecular formula is C24H24N6O4S. The number of benzene rings is 1. The Morgan fingerprint density at radius 3 is 2.94 bits per heavy atom. The normalized spacial score (nSPS) is 19.9. The molecule has 0 bridgehead atoms. The van der Waals surface area contributed by atoms with Gasteiger partial charge in [-0.3, -0.25) is 14.7 Å². The third-order valence-corrected chi connectivity index (χ3v) is 7.46. The molecule has 3 aliphatic rings. The summed E-state index contributed by atoms with van der Waals surface area (Å²) in [5.74, 6) is 0.941. The number of amides is 2. The van der Waals surface area contributed by atoms with Crippen LogP contribution in [0.1, 0.15) is 0 Å². The predicted molar refractivity (Wildman–Crippen MR) is 134 cm³/mol. The molecule has 180 valence electrons. The molecule has 0 radical (unpaired) electrons. The van der Waals surface area contributed by atoms with E-state index in [4.69, 9.17) is 9.47 Å². The number of nitrogens with one attached hydrogen (secondary N) is 2. The third kappa shape index (κ3) is 4.21. The first-order valence-electron chi connectivity index (χ1n) is 11.4. The smallest absolute Gasteiger partial charge is 0.414 e. The zero-order chi connectivity index (χ0) is 23.9. The Labute approximate surface area is 206 Å². The molecule has 2 N–H and O–H groups in total. The number of carbonyl (C=O) groups excluding carboxylic acids is 2. The first-order chi connectivity index (χ1) is 17.1. The van der Waals surface area contributed by atoms with Crippen molar-refractivity contribution in [3.8, 4) is 5.88 Å². The summed E-state index contributed by atoms with van der Waals surface area (Å²) in [6, 6.07) is 11.6. The lowest BCUT2D eigenvalue weighted by Crippen LogP contribution is -2.59. The molecule has 10 nitrogen and oxygen atoms in total. The van der Waals surface area contributed by atoms with E-state index in [1.807, 2.05) is 36.4 Å². The summed E-state index contributed by atoms with van der Waals surface area (Å²) in [6.07, 6.45) is 1.18. The van der Waals surface area contributed by atoms with Gasteiger partial charge in [0.15, 0.2) is 0 Å². The quantitative estimate of drug-likeness (QED) is 0.536. The van der Waals surface area contributed by atoms with E-state index in [1.165, 1.54) is 11.8 Å². The Hall–Kier alpha value is -3.57. The molecule has 1 atom stereocenters. The van der Waals surface area contributed by atoms with Crippen molar-refractivity contribution in [2.75, 3.05) is 54.2 Å². The van der Waals surface area contributed by atoms with E-state index in [2.05, 4.69) is 25.5 Å². The maximum atomic E-state index is 12.5. The highest BCUT2D eigenvalue weighted by Crippen LogP contribution is 2.35. The Morgan fingerprint density at radius 2 is 2.09 bits per heavy atom. The minimum Gasteiger partial charge on any atom is -0.481 e. The van der Waals surface area contributed by atoms with Gasteiger partial charge in [0.2, 0.25) is 11.8 Å². The van der Waals surface area contributed by atoms with Gasteiger partial charge < -0.3 is 25.0 Å². The van der Waals surface area contributed by atoms with Crippen LogP contribution in [0.4, 0.5) is 21.9 Å². The van der Waals surface area contributed by atoms with Crippen LogP contribution >= 0.6 is 11.8 Å². The number of pyridine rings is 2. The van der Waals surface area contributed by atoms with E-state index in [0.29, 0.717) is 24.7 Å². The van der Waals surface area contributed by atoms with E-state index in [-0.39, 0.29) is 24.1 Å². The van der Waals surface area contributed by atoms with Crippen molar-refractivity contribution in [2.24, 2.45) is 0 Å². The van der Waals surface area contributed by atoms with Crippen molar-refractivity contribution >= 4 is 51.9 Å². The average Bonchev–Trinajstić information content (AvgIpc) is 3.22. The largest absolute Gasteiger partial charge is 0.481 e. The van der Waals surface area contributed by atoms with Crippen molar-refractivity contribution < 1.29 is 19.1 Å². The number of rotatable bonds is 6. The van der Waals surface area contributed by atoms with Gasteiger partial charge in [-0.1, -0.05) is 0 Å². The summed E-state index contributed by atoms with van der Waals surface area (Å²) in [7, 11) is 1.60. The summed E-state index contributed by atoms with van der Waals surface area (Å²) in [5.41, 5.74) is 4.15. The first kappa shape index (κ1) is 21.9. The van der Waals surface area contributed by atoms with Gasteiger partial charge in [-0.2, -0.15) is 0 Å². The summed E-state index contributed by atoms with van der Waals surface area (Å²) < 4.78 is 10.9. The number of hydrogen-bond acceptors (Lipinski definition) is 9. The molecule has 6 rings (SSSR count). The Morgan fingerprint density at radius 1 is 1.20 bits per heavy atom. The number of nitrogens with zero attached hydrogens (tertiary/aromatic N) is 4. The molecule has 3 aliphatic heterocycles. The van der Waals surface area contributed by atoms with E-state index in [9.17, 15) is 9.59 Å². The molecule has 2 saturated heterocycles. The molecule has 1 aromatic carbocycles. The maximum Gasteiger partial charge on any atom is 0.414 e. The highest BCUT2D eigenvalue weighted by Gasteiger charge is 2.35. The van der Waals surface area contributed by atoms with Gasteiger partial charge in [-0.05, 0) is 30.3 Å². The zero-order valence-corrected chi connectivity index (χ0v) is 19.9. The van der Waals surface area contributed by atoms with Crippen LogP contribution in [0.15, 0.2) is 47.5 Å². The maximum absolute atomic E-state index is 12.5. The van der Waals surface area contributed by atoms with E-state index in [0.717, 1.165) is 46.1 Å². The van der Waals surface area contributed by atoms with Gasteiger partial charge in [0, 0.05) is 48.5 Å². The molecular weight excluding hydrogens is 468 g/mol. The summed E-state index contributed by atoms with van der Waals surface area (Å²) in [6.45, 7) is 2.68. The van der Waals surface area contributed by atoms with Gasteiger partial charge in [0.05, 0.1) is 36.3 Å². The van der Waals surface area contributed by atoms with Gasteiger partial charge in [-0.25, -0.2) is 9.78 Å². The molecule has 0 aliphatic carbocycles. The molecule has 0 unspecified atom stereocenters. The van der Waals surface area contributed by atoms with Crippen LogP contribution in [0.3, 0.4) is 0 Å². The standard InChI is InChI=1S/C24H24N6O4S/c1-33-22-5-3-17-23(28-22)19(6-7-25-17)29-10-14(11-29)26-9-16-12-30(24(32)34-16)15-2-4-20-18(8-15)27-21(31)13-35-20/h2-8,14,16,26H,9-13H2,1H3,(H,27,31)/t16-/m0/s1. The van der Waals surface area contributed by atoms with Crippen molar-refractivity contribution in [2.45, 2.75) is 17.0 Å². The molecule has 0 saturated carbocycles. The molecule has 11 heteroatoms. The van der Waals surface area contributed by atoms with Crippen LogP contribution in [0.25, 0.3) is 11.0 Å². The van der Waals surface area contributed by atoms with Crippen molar-refractivity contribution in [1.29, 1.82) is 0 Å². The number of carbonyl (C=O) groups is 2. The van der Waals surface area contributed by atoms with Crippen molar-refractivity contribution in [3.63, 3.8) is 0 Å². The fourth-order valence-electron chi connectivity index (χ4n) is 4.54. The Balaban J connectivity index is 1.05. The highest BCUT2D eigenvalue weighted by molar-refractivity contribution is 8.00. The molecule has 5 heterocycles. The molecule has 2 aromatic heterocycles. The number of fused-ring (bicyclic) bond motifs is 2. The number of methoxy groups -OCH3 is 1. The number of ether oxygens (including phenoxy) is 2. The van der Waals surface area contributed by atoms with Crippen molar-refractivity contribution in [1.82, 2.24) is 15.3 Å². The van der Waals surface area contributed by atoms with Crippen molar-refractivity contribution in [3.05, 3.63) is 42.6 Å². The van der Waals surface area contributed by atoms with Gasteiger partial charge >= 0.3 is 6.09 Å². The second-order valence-electron chi connectivity index (χ2n) is 8.70. The van der Waals surface area contributed by atoms with E-state index < -0.39 is 0 Å². The predicted octanol–water partition coefficient (Wildman–Crippen LogP) is 2.49. The lowest BCUT2D eigenvalue weighted by atomic mass is 10.1. The lowest BCUT2D eigenvalue weighted by Gasteiger charge is -2.41. The molecule has 2 amide bonds. The minimum atomic E-state index is -0.370. The fraction of sp³-hybridized carbons (Fsp3) is 0.333. The Kier molecular flexibility index (Phi) is 5.57. The minimum absolute atomic E-state index is 0.0325. The zero-order valence-electron chi connectivity index (χ0n) is 19.1. The highest BCUT2D eigenvalue weighted by atomic mass is 32.2. The monoisotopic (exact) mass is 492 g/mol. The summed E-state index contributed by atoms with van der Waals surface area (Å²) in [4.78, 5) is 38.1. The number of anilines is 3. The van der Waals surface area contributed by atoms with Crippen LogP contribution in [0.2, 0.25) is 0 Å².